The number of nitrogens with one attached hydrogen (secondary N) is 1. The van der Waals surface area contributed by atoms with E-state index in [0.29, 0.717) is 19.5 Å². The molecule has 0 aliphatic carbocycles. The molecule has 1 aromatic carbocycles. The molecule has 0 spiro atoms. The Kier molecular flexibility index (Phi) is 8.46. The van der Waals surface area contributed by atoms with E-state index in [-0.39, 0.29) is 53.9 Å². The molecule has 6 heteroatoms. The Morgan fingerprint density at radius 2 is 1.81 bits per heavy atom. The van der Waals surface area contributed by atoms with Crippen molar-refractivity contribution in [3.8, 4) is 0 Å². The van der Waals surface area contributed by atoms with Crippen LogP contribution in [0.5, 0.6) is 0 Å². The summed E-state index contributed by atoms with van der Waals surface area (Å²) >= 11 is 0. The number of carbonyl (C=O) groups excluding carboxylic acids is 3. The molecule has 6 nitrogen and oxygen atoms in total. The fraction of sp³-hybridized carbons (Fsp3) is 0.654. The van der Waals surface area contributed by atoms with Gasteiger partial charge in [-0.2, -0.15) is 0 Å². The third kappa shape index (κ3) is 5.40. The number of likely N-dealkylation sites (tertiary alicyclic amines) is 2. The Labute approximate surface area is 192 Å². The van der Waals surface area contributed by atoms with Crippen molar-refractivity contribution in [2.75, 3.05) is 26.7 Å². The average Bonchev–Trinajstić information content (AvgIpc) is 3.23. The maximum Gasteiger partial charge on any atom is 0.245 e. The zero-order valence-corrected chi connectivity index (χ0v) is 20.0. The number of piperidine rings is 1. The number of nitrogens with zero attached hydrogens (tertiary/aromatic N) is 2. The molecular weight excluding hydrogens is 402 g/mol. The van der Waals surface area contributed by atoms with Crippen LogP contribution < -0.4 is 5.32 Å². The van der Waals surface area contributed by atoms with Crippen LogP contribution in [0, 0.1) is 17.8 Å². The van der Waals surface area contributed by atoms with Crippen molar-refractivity contribution >= 4 is 17.6 Å². The number of likely N-dealkylation sites (N-methyl/N-ethyl adjacent to an activating group) is 1. The predicted molar refractivity (Wildman–Crippen MR) is 126 cm³/mol. The van der Waals surface area contributed by atoms with Crippen LogP contribution in [0.3, 0.4) is 0 Å². The first-order chi connectivity index (χ1) is 15.4. The van der Waals surface area contributed by atoms with Gasteiger partial charge in [0.05, 0.1) is 6.04 Å². The monoisotopic (exact) mass is 441 g/mol. The number of carbonyl (C=O) groups is 3. The van der Waals surface area contributed by atoms with Crippen LogP contribution in [0.2, 0.25) is 0 Å². The maximum absolute atomic E-state index is 13.6. The van der Waals surface area contributed by atoms with Gasteiger partial charge in [-0.15, -0.1) is 0 Å². The molecule has 4 atom stereocenters. The smallest absolute Gasteiger partial charge is 0.245 e. The topological polar surface area (TPSA) is 69.7 Å². The van der Waals surface area contributed by atoms with Crippen molar-refractivity contribution in [1.29, 1.82) is 0 Å². The van der Waals surface area contributed by atoms with Gasteiger partial charge in [-0.3, -0.25) is 14.4 Å². The Hall–Kier alpha value is -2.21. The summed E-state index contributed by atoms with van der Waals surface area (Å²) in [5, 5.41) is 3.05. The highest BCUT2D eigenvalue weighted by atomic mass is 16.2. The standard InChI is InChI=1S/C26H39N3O3/c1-5-22(27-4)23(30)17-21(18(2)3)25(31)29-16-13-20-12-15-28(26(32)24(20)29)14-11-19-9-7-6-8-10-19/h6-10,18,20-22,24,27H,5,11-17H2,1-4H3/t20-,21-,22-,24+/m0/s1. The summed E-state index contributed by atoms with van der Waals surface area (Å²) < 4.78 is 0. The van der Waals surface area contributed by atoms with Crippen LogP contribution in [-0.2, 0) is 20.8 Å². The van der Waals surface area contributed by atoms with E-state index in [0.717, 1.165) is 25.8 Å². The van der Waals surface area contributed by atoms with E-state index in [1.165, 1.54) is 5.56 Å². The van der Waals surface area contributed by atoms with Crippen molar-refractivity contribution in [1.82, 2.24) is 15.1 Å². The molecule has 0 bridgehead atoms. The SMILES string of the molecule is CC[C@H](NC)C(=O)C[C@H](C(=O)N1CC[C@@H]2CCN(CCc3ccccc3)C(=O)[C@@H]21)C(C)C. The summed E-state index contributed by atoms with van der Waals surface area (Å²) in [7, 11) is 1.79. The first kappa shape index (κ1) is 24.4. The number of ketones is 1. The van der Waals surface area contributed by atoms with Crippen LogP contribution in [0.15, 0.2) is 30.3 Å². The number of rotatable bonds is 10. The van der Waals surface area contributed by atoms with Gasteiger partial charge in [-0.05, 0) is 50.1 Å². The second-order valence-corrected chi connectivity index (χ2v) is 9.65. The number of fused-ring (bicyclic) bond motifs is 1. The van der Waals surface area contributed by atoms with E-state index in [1.807, 2.05) is 43.9 Å². The maximum atomic E-state index is 13.6. The third-order valence-corrected chi connectivity index (χ3v) is 7.34. The highest BCUT2D eigenvalue weighted by molar-refractivity contribution is 5.93. The lowest BCUT2D eigenvalue weighted by atomic mass is 9.86. The molecule has 1 aromatic rings. The zero-order valence-electron chi connectivity index (χ0n) is 20.0. The van der Waals surface area contributed by atoms with Crippen LogP contribution >= 0.6 is 0 Å². The summed E-state index contributed by atoms with van der Waals surface area (Å²) in [6.45, 7) is 8.03. The highest BCUT2D eigenvalue weighted by Gasteiger charge is 2.47. The molecule has 0 unspecified atom stereocenters. The van der Waals surface area contributed by atoms with Gasteiger partial charge in [0.1, 0.15) is 6.04 Å². The minimum absolute atomic E-state index is 0.0231. The van der Waals surface area contributed by atoms with Gasteiger partial charge in [0.25, 0.3) is 0 Å². The number of hydrogen-bond donors (Lipinski definition) is 1. The molecule has 0 saturated carbocycles. The summed E-state index contributed by atoms with van der Waals surface area (Å²) in [5.74, 6) is 0.0494. The highest BCUT2D eigenvalue weighted by Crippen LogP contribution is 2.35. The molecule has 3 rings (SSSR count). The van der Waals surface area contributed by atoms with E-state index in [2.05, 4.69) is 17.4 Å². The first-order valence-electron chi connectivity index (χ1n) is 12.2. The van der Waals surface area contributed by atoms with Gasteiger partial charge in [-0.1, -0.05) is 51.1 Å². The van der Waals surface area contributed by atoms with Gasteiger partial charge in [-0.25, -0.2) is 0 Å². The molecule has 176 valence electrons. The van der Waals surface area contributed by atoms with Gasteiger partial charge in [0.2, 0.25) is 11.8 Å². The minimum atomic E-state index is -0.379. The van der Waals surface area contributed by atoms with Crippen LogP contribution in [0.25, 0.3) is 0 Å². The minimum Gasteiger partial charge on any atom is -0.341 e. The lowest BCUT2D eigenvalue weighted by molar-refractivity contribution is -0.151. The average molecular weight is 442 g/mol. The number of amides is 2. The first-order valence-corrected chi connectivity index (χ1v) is 12.2. The van der Waals surface area contributed by atoms with Crippen molar-refractivity contribution in [3.05, 3.63) is 35.9 Å². The lowest BCUT2D eigenvalue weighted by Gasteiger charge is -2.39. The molecule has 32 heavy (non-hydrogen) atoms. The predicted octanol–water partition coefficient (Wildman–Crippen LogP) is 2.91. The van der Waals surface area contributed by atoms with Gasteiger partial charge >= 0.3 is 0 Å². The molecule has 0 aromatic heterocycles. The van der Waals surface area contributed by atoms with E-state index in [1.54, 1.807) is 11.9 Å². The molecule has 0 radical (unpaired) electrons. The second kappa shape index (κ2) is 11.1. The summed E-state index contributed by atoms with van der Waals surface area (Å²) in [6.07, 6.45) is 3.58. The molecule has 2 aliphatic rings. The normalized spacial score (nSPS) is 22.7. The van der Waals surface area contributed by atoms with Gasteiger partial charge in [0, 0.05) is 32.0 Å². The molecule has 2 fully saturated rings. The summed E-state index contributed by atoms with van der Waals surface area (Å²) in [5.41, 5.74) is 1.22. The molecule has 2 heterocycles. The fourth-order valence-corrected chi connectivity index (χ4v) is 5.26. The van der Waals surface area contributed by atoms with E-state index >= 15 is 0 Å². The quantitative estimate of drug-likeness (QED) is 0.606. The summed E-state index contributed by atoms with van der Waals surface area (Å²) in [6, 6.07) is 9.62. The Balaban J connectivity index is 1.69. The zero-order chi connectivity index (χ0) is 23.3. The Bertz CT molecular complexity index is 791. The van der Waals surface area contributed by atoms with Gasteiger partial charge in [0.15, 0.2) is 5.78 Å². The number of hydrogen-bond acceptors (Lipinski definition) is 4. The largest absolute Gasteiger partial charge is 0.341 e. The second-order valence-electron chi connectivity index (χ2n) is 9.65. The molecule has 1 N–H and O–H groups in total. The molecular formula is C26H39N3O3. The third-order valence-electron chi connectivity index (χ3n) is 7.34. The van der Waals surface area contributed by atoms with E-state index in [9.17, 15) is 14.4 Å². The van der Waals surface area contributed by atoms with Crippen molar-refractivity contribution in [2.24, 2.45) is 17.8 Å². The summed E-state index contributed by atoms with van der Waals surface area (Å²) in [4.78, 5) is 43.5. The van der Waals surface area contributed by atoms with Crippen molar-refractivity contribution < 1.29 is 14.4 Å². The van der Waals surface area contributed by atoms with Crippen LogP contribution in [0.1, 0.15) is 52.0 Å². The molecule has 2 aliphatic heterocycles. The molecule has 2 amide bonds. The van der Waals surface area contributed by atoms with Crippen molar-refractivity contribution in [2.45, 2.75) is 65.0 Å². The van der Waals surface area contributed by atoms with Crippen LogP contribution in [0.4, 0.5) is 0 Å². The fourth-order valence-electron chi connectivity index (χ4n) is 5.26. The Morgan fingerprint density at radius 3 is 2.44 bits per heavy atom. The molecule has 2 saturated heterocycles. The van der Waals surface area contributed by atoms with E-state index in [4.69, 9.17) is 0 Å². The van der Waals surface area contributed by atoms with Gasteiger partial charge < -0.3 is 15.1 Å². The van der Waals surface area contributed by atoms with Crippen molar-refractivity contribution in [3.63, 3.8) is 0 Å². The van der Waals surface area contributed by atoms with Crippen LogP contribution in [-0.4, -0.2) is 66.2 Å². The number of benzene rings is 1. The van der Waals surface area contributed by atoms with E-state index < -0.39 is 0 Å². The lowest BCUT2D eigenvalue weighted by Crippen LogP contribution is -2.56. The number of Topliss-reactive ketones (excluding diaryl/α,β-unsaturated/α-hetero) is 1. The Morgan fingerprint density at radius 1 is 1.12 bits per heavy atom.